The van der Waals surface area contributed by atoms with Gasteiger partial charge >= 0.3 is 0 Å². The molecular formula is C29H40N2O4. The molecule has 190 valence electrons. The number of methoxy groups -OCH3 is 1. The summed E-state index contributed by atoms with van der Waals surface area (Å²) in [5.74, 6) is 1.49. The number of benzene rings is 1. The molecule has 4 bridgehead atoms. The summed E-state index contributed by atoms with van der Waals surface area (Å²) in [6.07, 6.45) is 7.44. The van der Waals surface area contributed by atoms with E-state index < -0.39 is 11.2 Å². The third kappa shape index (κ3) is 2.43. The minimum atomic E-state index is -0.933. The van der Waals surface area contributed by atoms with Crippen LogP contribution in [0.3, 0.4) is 0 Å². The smallest absolute Gasteiger partial charge is 0.153 e. The first-order chi connectivity index (χ1) is 16.6. The molecule has 8 rings (SSSR count). The van der Waals surface area contributed by atoms with Crippen LogP contribution in [0.15, 0.2) is 17.3 Å². The lowest BCUT2D eigenvalue weighted by Gasteiger charge is -2.75. The number of fused-ring (bicyclic) bond motifs is 2. The van der Waals surface area contributed by atoms with Crippen LogP contribution in [0.25, 0.3) is 0 Å². The Morgan fingerprint density at radius 3 is 2.63 bits per heavy atom. The zero-order valence-electron chi connectivity index (χ0n) is 21.9. The van der Waals surface area contributed by atoms with Gasteiger partial charge in [0, 0.05) is 42.0 Å². The molecule has 1 N–H and O–H groups in total. The average Bonchev–Trinajstić information content (AvgIpc) is 3.56. The van der Waals surface area contributed by atoms with Gasteiger partial charge in [-0.2, -0.15) is 0 Å². The highest BCUT2D eigenvalue weighted by atomic mass is 16.6. The summed E-state index contributed by atoms with van der Waals surface area (Å²) in [6, 6.07) is 4.44. The van der Waals surface area contributed by atoms with Crippen LogP contribution in [-0.4, -0.2) is 53.6 Å². The van der Waals surface area contributed by atoms with Crippen LogP contribution in [0.2, 0.25) is 0 Å². The van der Waals surface area contributed by atoms with Gasteiger partial charge < -0.3 is 14.6 Å². The maximum atomic E-state index is 12.2. The van der Waals surface area contributed by atoms with Gasteiger partial charge in [0.1, 0.15) is 17.4 Å². The number of hydrogen-bond acceptors (Lipinski definition) is 6. The molecule has 1 saturated heterocycles. The van der Waals surface area contributed by atoms with Gasteiger partial charge in [-0.15, -0.1) is 4.91 Å². The predicted octanol–water partition coefficient (Wildman–Crippen LogP) is 5.11. The Hall–Kier alpha value is -1.50. The molecule has 0 radical (unpaired) electrons. The second-order valence-electron chi connectivity index (χ2n) is 13.9. The van der Waals surface area contributed by atoms with E-state index in [1.165, 1.54) is 30.5 Å². The molecule has 5 fully saturated rings. The van der Waals surface area contributed by atoms with E-state index in [2.05, 4.69) is 36.9 Å². The Balaban J connectivity index is 1.48. The lowest BCUT2D eigenvalue weighted by Crippen LogP contribution is -2.83. The van der Waals surface area contributed by atoms with Crippen LogP contribution in [0.5, 0.6) is 5.75 Å². The molecule has 1 aromatic carbocycles. The van der Waals surface area contributed by atoms with Crippen molar-refractivity contribution < 1.29 is 14.6 Å². The van der Waals surface area contributed by atoms with E-state index in [1.807, 2.05) is 20.1 Å². The van der Waals surface area contributed by atoms with Crippen molar-refractivity contribution >= 4 is 5.69 Å². The van der Waals surface area contributed by atoms with Crippen LogP contribution in [0, 0.1) is 27.6 Å². The van der Waals surface area contributed by atoms with Crippen LogP contribution < -0.4 is 4.74 Å². The van der Waals surface area contributed by atoms with E-state index in [9.17, 15) is 10.0 Å². The molecule has 7 unspecified atom stereocenters. The lowest BCUT2D eigenvalue weighted by atomic mass is 9.33. The first kappa shape index (κ1) is 22.7. The topological polar surface area (TPSA) is 71.4 Å². The Kier molecular flexibility index (Phi) is 4.33. The first-order valence-corrected chi connectivity index (χ1v) is 13.7. The summed E-state index contributed by atoms with van der Waals surface area (Å²) < 4.78 is 13.5. The maximum Gasteiger partial charge on any atom is 0.153 e. The van der Waals surface area contributed by atoms with Crippen molar-refractivity contribution in [3.63, 3.8) is 0 Å². The number of nitrogens with zero attached hydrogens (tertiary/aromatic N) is 2. The molecule has 0 amide bonds. The van der Waals surface area contributed by atoms with Gasteiger partial charge in [-0.05, 0) is 86.6 Å². The fourth-order valence-electron chi connectivity index (χ4n) is 9.65. The van der Waals surface area contributed by atoms with Crippen LogP contribution >= 0.6 is 0 Å². The van der Waals surface area contributed by atoms with Gasteiger partial charge in [0.25, 0.3) is 0 Å². The molecule has 35 heavy (non-hydrogen) atoms. The predicted molar refractivity (Wildman–Crippen MR) is 134 cm³/mol. The lowest BCUT2D eigenvalue weighted by molar-refractivity contribution is -0.312. The van der Waals surface area contributed by atoms with Gasteiger partial charge in [-0.25, -0.2) is 0 Å². The standard InChI is InChI=1S/C29H40N2O4/c1-25(2,3)26(4,32)20-15-27-10-11-29(20,34-5)24-28(27)12-13-31(16-17-6-7-17)21(27)14-18-8-9-19(30-33)23(35-24)22(18)28/h8-9,17,20-21,24,32H,6-7,10-16H2,1-5H3. The van der Waals surface area contributed by atoms with Gasteiger partial charge in [0.05, 0.1) is 5.60 Å². The van der Waals surface area contributed by atoms with Crippen LogP contribution in [0.1, 0.15) is 77.3 Å². The number of nitroso groups, excluding NO2 is 1. The summed E-state index contributed by atoms with van der Waals surface area (Å²) in [4.78, 5) is 14.7. The molecular weight excluding hydrogens is 440 g/mol. The summed E-state index contributed by atoms with van der Waals surface area (Å²) in [7, 11) is 1.81. The Morgan fingerprint density at radius 2 is 1.97 bits per heavy atom. The molecule has 2 aliphatic heterocycles. The molecule has 0 aromatic heterocycles. The third-order valence-electron chi connectivity index (χ3n) is 12.0. The quantitative estimate of drug-likeness (QED) is 0.593. The maximum absolute atomic E-state index is 12.2. The van der Waals surface area contributed by atoms with E-state index in [0.29, 0.717) is 17.5 Å². The van der Waals surface area contributed by atoms with Gasteiger partial charge in [0.15, 0.2) is 5.75 Å². The van der Waals surface area contributed by atoms with Crippen molar-refractivity contribution in [3.05, 3.63) is 28.2 Å². The SMILES string of the molecule is COC12CCC3(CC1C(C)(O)C(C)(C)C)C1Cc4ccc(N=O)c5c4C3(CCN1CC1CC1)C2O5. The van der Waals surface area contributed by atoms with E-state index in [0.717, 1.165) is 44.6 Å². The molecule has 2 spiro atoms. The fourth-order valence-corrected chi connectivity index (χ4v) is 9.65. The number of hydrogen-bond donors (Lipinski definition) is 1. The Bertz CT molecular complexity index is 1110. The molecule has 7 atom stereocenters. The third-order valence-corrected chi connectivity index (χ3v) is 12.0. The number of piperidine rings is 1. The average molecular weight is 481 g/mol. The molecule has 1 aromatic rings. The molecule has 4 saturated carbocycles. The Labute approximate surface area is 208 Å². The normalized spacial score (nSPS) is 42.9. The van der Waals surface area contributed by atoms with Crippen molar-refractivity contribution in [1.82, 2.24) is 4.90 Å². The van der Waals surface area contributed by atoms with Crippen molar-refractivity contribution in [3.8, 4) is 5.75 Å². The monoisotopic (exact) mass is 480 g/mol. The highest BCUT2D eigenvalue weighted by Crippen LogP contribution is 2.78. The van der Waals surface area contributed by atoms with Crippen molar-refractivity contribution in [1.29, 1.82) is 0 Å². The van der Waals surface area contributed by atoms with E-state index in [-0.39, 0.29) is 28.3 Å². The molecule has 6 heteroatoms. The van der Waals surface area contributed by atoms with Gasteiger partial charge in [0.2, 0.25) is 0 Å². The van der Waals surface area contributed by atoms with E-state index in [4.69, 9.17) is 9.47 Å². The second-order valence-corrected chi connectivity index (χ2v) is 13.9. The Morgan fingerprint density at radius 1 is 1.20 bits per heavy atom. The zero-order chi connectivity index (χ0) is 24.6. The van der Waals surface area contributed by atoms with Crippen molar-refractivity contribution in [2.45, 2.75) is 101 Å². The second kappa shape index (κ2) is 6.68. The van der Waals surface area contributed by atoms with Crippen molar-refractivity contribution in [2.24, 2.45) is 27.8 Å². The molecule has 6 nitrogen and oxygen atoms in total. The number of aliphatic hydroxyl groups is 1. The van der Waals surface area contributed by atoms with Crippen LogP contribution in [0.4, 0.5) is 5.69 Å². The summed E-state index contributed by atoms with van der Waals surface area (Å²) in [6.45, 7) is 10.7. The summed E-state index contributed by atoms with van der Waals surface area (Å²) in [5.41, 5.74) is 0.999. The summed E-state index contributed by atoms with van der Waals surface area (Å²) in [5, 5.41) is 15.6. The highest BCUT2D eigenvalue weighted by Gasteiger charge is 2.82. The minimum absolute atomic E-state index is 0.00471. The molecule has 5 aliphatic carbocycles. The zero-order valence-corrected chi connectivity index (χ0v) is 21.9. The van der Waals surface area contributed by atoms with E-state index >= 15 is 0 Å². The fraction of sp³-hybridized carbons (Fsp3) is 0.793. The number of rotatable bonds is 5. The molecule has 2 heterocycles. The summed E-state index contributed by atoms with van der Waals surface area (Å²) >= 11 is 0. The van der Waals surface area contributed by atoms with Gasteiger partial charge in [-0.3, -0.25) is 4.90 Å². The number of ether oxygens (including phenoxy) is 2. The first-order valence-electron chi connectivity index (χ1n) is 13.7. The minimum Gasteiger partial charge on any atom is -0.484 e. The highest BCUT2D eigenvalue weighted by molar-refractivity contribution is 5.68. The van der Waals surface area contributed by atoms with E-state index in [1.54, 1.807) is 0 Å². The van der Waals surface area contributed by atoms with Crippen LogP contribution in [-0.2, 0) is 16.6 Å². The number of likely N-dealkylation sites (tertiary alicyclic amines) is 1. The largest absolute Gasteiger partial charge is 0.484 e. The molecule has 7 aliphatic rings. The van der Waals surface area contributed by atoms with Gasteiger partial charge in [-0.1, -0.05) is 26.8 Å². The van der Waals surface area contributed by atoms with Crippen molar-refractivity contribution in [2.75, 3.05) is 20.2 Å².